The van der Waals surface area contributed by atoms with E-state index in [9.17, 15) is 0 Å². The number of rotatable bonds is 4. The van der Waals surface area contributed by atoms with Crippen LogP contribution < -0.4 is 5.32 Å². The van der Waals surface area contributed by atoms with Crippen LogP contribution in [-0.2, 0) is 6.54 Å². The third-order valence-corrected chi connectivity index (χ3v) is 3.33. The number of halogens is 2. The number of anilines is 1. The SMILES string of the molecule is Clc1ccc(NCc2nc(-c3cccc(Cl)c3)no2)cc1. The lowest BCUT2D eigenvalue weighted by Gasteiger charge is -2.02. The zero-order chi connectivity index (χ0) is 14.7. The first kappa shape index (κ1) is 13.9. The van der Waals surface area contributed by atoms with Gasteiger partial charge >= 0.3 is 0 Å². The molecule has 3 aromatic rings. The molecule has 3 rings (SSSR count). The van der Waals surface area contributed by atoms with Crippen LogP contribution in [0.5, 0.6) is 0 Å². The molecule has 1 aromatic heterocycles. The molecule has 0 unspecified atom stereocenters. The Kier molecular flexibility index (Phi) is 4.08. The number of hydrogen-bond donors (Lipinski definition) is 1. The van der Waals surface area contributed by atoms with Gasteiger partial charge in [0.05, 0.1) is 6.54 Å². The Morgan fingerprint density at radius 1 is 1.00 bits per heavy atom. The van der Waals surface area contributed by atoms with Gasteiger partial charge in [0, 0.05) is 21.3 Å². The van der Waals surface area contributed by atoms with Crippen molar-refractivity contribution in [2.24, 2.45) is 0 Å². The topological polar surface area (TPSA) is 51.0 Å². The highest BCUT2D eigenvalue weighted by Crippen LogP contribution is 2.20. The van der Waals surface area contributed by atoms with Crippen LogP contribution in [0, 0.1) is 0 Å². The second kappa shape index (κ2) is 6.16. The second-order valence-corrected chi connectivity index (χ2v) is 5.26. The third-order valence-electron chi connectivity index (χ3n) is 2.84. The minimum Gasteiger partial charge on any atom is -0.376 e. The summed E-state index contributed by atoms with van der Waals surface area (Å²) in [6, 6.07) is 14.7. The molecule has 1 N–H and O–H groups in total. The average molecular weight is 320 g/mol. The van der Waals surface area contributed by atoms with Gasteiger partial charge in [0.1, 0.15) is 0 Å². The molecule has 0 fully saturated rings. The summed E-state index contributed by atoms with van der Waals surface area (Å²) in [6.07, 6.45) is 0. The Bertz CT molecular complexity index is 741. The van der Waals surface area contributed by atoms with Gasteiger partial charge in [-0.25, -0.2) is 0 Å². The third kappa shape index (κ3) is 3.54. The molecule has 4 nitrogen and oxygen atoms in total. The molecule has 0 aliphatic rings. The number of aromatic nitrogens is 2. The van der Waals surface area contributed by atoms with Crippen LogP contribution >= 0.6 is 23.2 Å². The normalized spacial score (nSPS) is 10.6. The molecule has 0 spiro atoms. The van der Waals surface area contributed by atoms with E-state index in [1.54, 1.807) is 12.1 Å². The van der Waals surface area contributed by atoms with Crippen LogP contribution in [0.3, 0.4) is 0 Å². The number of hydrogen-bond acceptors (Lipinski definition) is 4. The van der Waals surface area contributed by atoms with E-state index in [4.69, 9.17) is 27.7 Å². The van der Waals surface area contributed by atoms with E-state index in [-0.39, 0.29) is 0 Å². The van der Waals surface area contributed by atoms with E-state index >= 15 is 0 Å². The maximum Gasteiger partial charge on any atom is 0.246 e. The highest BCUT2D eigenvalue weighted by Gasteiger charge is 2.08. The van der Waals surface area contributed by atoms with Gasteiger partial charge < -0.3 is 9.84 Å². The molecule has 0 amide bonds. The number of nitrogens with one attached hydrogen (secondary N) is 1. The van der Waals surface area contributed by atoms with Crippen molar-refractivity contribution >= 4 is 28.9 Å². The lowest BCUT2D eigenvalue weighted by molar-refractivity contribution is 0.384. The van der Waals surface area contributed by atoms with Gasteiger partial charge in [-0.05, 0) is 36.4 Å². The Morgan fingerprint density at radius 2 is 1.81 bits per heavy atom. The van der Waals surface area contributed by atoms with Crippen molar-refractivity contribution in [3.63, 3.8) is 0 Å². The molecule has 0 saturated carbocycles. The van der Waals surface area contributed by atoms with Crippen molar-refractivity contribution in [3.8, 4) is 11.4 Å². The fraction of sp³-hybridized carbons (Fsp3) is 0.0667. The fourth-order valence-electron chi connectivity index (χ4n) is 1.82. The molecular formula is C15H11Cl2N3O. The van der Waals surface area contributed by atoms with E-state index < -0.39 is 0 Å². The van der Waals surface area contributed by atoms with Gasteiger partial charge in [0.15, 0.2) is 0 Å². The summed E-state index contributed by atoms with van der Waals surface area (Å²) in [5, 5.41) is 8.46. The largest absolute Gasteiger partial charge is 0.376 e. The average Bonchev–Trinajstić information content (AvgIpc) is 2.96. The summed E-state index contributed by atoms with van der Waals surface area (Å²) in [7, 11) is 0. The summed E-state index contributed by atoms with van der Waals surface area (Å²) in [5.74, 6) is 1.02. The molecule has 0 atom stereocenters. The number of nitrogens with zero attached hydrogens (tertiary/aromatic N) is 2. The van der Waals surface area contributed by atoms with Crippen LogP contribution in [0.25, 0.3) is 11.4 Å². The molecule has 0 saturated heterocycles. The smallest absolute Gasteiger partial charge is 0.246 e. The van der Waals surface area contributed by atoms with Crippen molar-refractivity contribution in [2.45, 2.75) is 6.54 Å². The van der Waals surface area contributed by atoms with Gasteiger partial charge in [-0.3, -0.25) is 0 Å². The van der Waals surface area contributed by atoms with E-state index in [1.165, 1.54) is 0 Å². The van der Waals surface area contributed by atoms with Crippen LogP contribution in [0.4, 0.5) is 5.69 Å². The molecule has 21 heavy (non-hydrogen) atoms. The predicted octanol–water partition coefficient (Wildman–Crippen LogP) is 4.66. The Morgan fingerprint density at radius 3 is 2.57 bits per heavy atom. The second-order valence-electron chi connectivity index (χ2n) is 4.38. The van der Waals surface area contributed by atoms with Gasteiger partial charge in [-0.1, -0.05) is 40.5 Å². The van der Waals surface area contributed by atoms with E-state index in [0.29, 0.717) is 28.3 Å². The lowest BCUT2D eigenvalue weighted by Crippen LogP contribution is -1.99. The molecule has 6 heteroatoms. The quantitative estimate of drug-likeness (QED) is 0.760. The van der Waals surface area contributed by atoms with Crippen molar-refractivity contribution in [2.75, 3.05) is 5.32 Å². The number of benzene rings is 2. The summed E-state index contributed by atoms with van der Waals surface area (Å²) < 4.78 is 5.21. The summed E-state index contributed by atoms with van der Waals surface area (Å²) in [6.45, 7) is 0.440. The van der Waals surface area contributed by atoms with Crippen molar-refractivity contribution in [1.29, 1.82) is 0 Å². The van der Waals surface area contributed by atoms with E-state index in [2.05, 4.69) is 15.5 Å². The Balaban J connectivity index is 1.69. The summed E-state index contributed by atoms with van der Waals surface area (Å²) >= 11 is 11.8. The highest BCUT2D eigenvalue weighted by molar-refractivity contribution is 6.31. The van der Waals surface area contributed by atoms with Gasteiger partial charge in [0.2, 0.25) is 11.7 Å². The molecule has 2 aromatic carbocycles. The fourth-order valence-corrected chi connectivity index (χ4v) is 2.13. The van der Waals surface area contributed by atoms with Crippen LogP contribution in [0.2, 0.25) is 10.0 Å². The van der Waals surface area contributed by atoms with Crippen LogP contribution in [0.15, 0.2) is 53.1 Å². The summed E-state index contributed by atoms with van der Waals surface area (Å²) in [5.41, 5.74) is 1.76. The minimum absolute atomic E-state index is 0.440. The Labute approximate surface area is 131 Å². The van der Waals surface area contributed by atoms with E-state index in [0.717, 1.165) is 11.3 Å². The molecule has 0 aliphatic heterocycles. The molecule has 106 valence electrons. The first-order chi connectivity index (χ1) is 10.2. The van der Waals surface area contributed by atoms with Crippen LogP contribution in [0.1, 0.15) is 5.89 Å². The maximum absolute atomic E-state index is 5.95. The van der Waals surface area contributed by atoms with Crippen molar-refractivity contribution in [3.05, 3.63) is 64.5 Å². The summed E-state index contributed by atoms with van der Waals surface area (Å²) in [4.78, 5) is 4.33. The molecular weight excluding hydrogens is 309 g/mol. The monoisotopic (exact) mass is 319 g/mol. The zero-order valence-corrected chi connectivity index (χ0v) is 12.4. The molecule has 1 heterocycles. The van der Waals surface area contributed by atoms with E-state index in [1.807, 2.05) is 36.4 Å². The zero-order valence-electron chi connectivity index (χ0n) is 10.9. The van der Waals surface area contributed by atoms with Crippen LogP contribution in [-0.4, -0.2) is 10.1 Å². The first-order valence-corrected chi connectivity index (χ1v) is 7.04. The molecule has 0 radical (unpaired) electrons. The van der Waals surface area contributed by atoms with Crippen molar-refractivity contribution in [1.82, 2.24) is 10.1 Å². The maximum atomic E-state index is 5.95. The molecule has 0 aliphatic carbocycles. The Hall–Kier alpha value is -2.04. The standard InChI is InChI=1S/C15H11Cl2N3O/c16-11-4-6-13(7-5-11)18-9-14-19-15(20-21-14)10-2-1-3-12(17)8-10/h1-8,18H,9H2. The van der Waals surface area contributed by atoms with Gasteiger partial charge in [-0.15, -0.1) is 0 Å². The first-order valence-electron chi connectivity index (χ1n) is 6.29. The minimum atomic E-state index is 0.440. The predicted molar refractivity (Wildman–Crippen MR) is 83.5 cm³/mol. The van der Waals surface area contributed by atoms with Gasteiger partial charge in [0.25, 0.3) is 0 Å². The van der Waals surface area contributed by atoms with Gasteiger partial charge in [-0.2, -0.15) is 4.98 Å². The lowest BCUT2D eigenvalue weighted by atomic mass is 10.2. The van der Waals surface area contributed by atoms with Crippen molar-refractivity contribution < 1.29 is 4.52 Å². The highest BCUT2D eigenvalue weighted by atomic mass is 35.5. The molecule has 0 bridgehead atoms.